The van der Waals surface area contributed by atoms with Crippen LogP contribution in [0.25, 0.3) is 0 Å². The minimum atomic E-state index is -0.529. The quantitative estimate of drug-likeness (QED) is 0.200. The molecule has 0 aliphatic heterocycles. The van der Waals surface area contributed by atoms with Gasteiger partial charge < -0.3 is 0 Å². The van der Waals surface area contributed by atoms with Gasteiger partial charge in [-0.05, 0) is 52.3 Å². The summed E-state index contributed by atoms with van der Waals surface area (Å²) in [6.45, 7) is 7.52. The van der Waals surface area contributed by atoms with Crippen molar-refractivity contribution in [3.05, 3.63) is 142 Å². The SMILES string of the molecule is CCc1ccc(C(c2ccc(C)cc2)(c2ccc(CSC(C)=O)cc2)c2ccc(CSC(C)=O)cc2)cc1. The van der Waals surface area contributed by atoms with Crippen LogP contribution in [0.2, 0.25) is 0 Å². The van der Waals surface area contributed by atoms with E-state index in [2.05, 4.69) is 111 Å². The van der Waals surface area contributed by atoms with Crippen LogP contribution in [0, 0.1) is 6.92 Å². The van der Waals surface area contributed by atoms with Crippen LogP contribution in [0.15, 0.2) is 97.1 Å². The lowest BCUT2D eigenvalue weighted by Crippen LogP contribution is -2.31. The molecule has 0 aliphatic rings. The molecule has 4 aromatic carbocycles. The molecular weight excluding hydrogens is 505 g/mol. The smallest absolute Gasteiger partial charge is 0.186 e. The van der Waals surface area contributed by atoms with Crippen molar-refractivity contribution in [2.75, 3.05) is 0 Å². The molecule has 4 rings (SSSR count). The molecule has 0 heterocycles. The van der Waals surface area contributed by atoms with Crippen LogP contribution >= 0.6 is 23.5 Å². The van der Waals surface area contributed by atoms with E-state index in [9.17, 15) is 9.59 Å². The van der Waals surface area contributed by atoms with Gasteiger partial charge in [-0.2, -0.15) is 0 Å². The predicted octanol–water partition coefficient (Wildman–Crippen LogP) is 8.50. The van der Waals surface area contributed by atoms with Gasteiger partial charge in [0.15, 0.2) is 10.2 Å². The van der Waals surface area contributed by atoms with E-state index in [1.165, 1.54) is 56.9 Å². The van der Waals surface area contributed by atoms with E-state index in [4.69, 9.17) is 0 Å². The topological polar surface area (TPSA) is 34.1 Å². The van der Waals surface area contributed by atoms with E-state index in [-0.39, 0.29) is 10.2 Å². The lowest BCUT2D eigenvalue weighted by atomic mass is 9.65. The van der Waals surface area contributed by atoms with Crippen LogP contribution < -0.4 is 0 Å². The second-order valence-electron chi connectivity index (χ2n) is 9.62. The van der Waals surface area contributed by atoms with E-state index in [1.54, 1.807) is 13.8 Å². The number of carbonyl (C=O) groups is 2. The van der Waals surface area contributed by atoms with Gasteiger partial charge in [0, 0.05) is 25.4 Å². The molecule has 0 aliphatic carbocycles. The third kappa shape index (κ3) is 6.31. The second kappa shape index (κ2) is 12.6. The van der Waals surface area contributed by atoms with Crippen molar-refractivity contribution < 1.29 is 9.59 Å². The van der Waals surface area contributed by atoms with Crippen molar-refractivity contribution >= 4 is 33.8 Å². The summed E-state index contributed by atoms with van der Waals surface area (Å²) in [5, 5.41) is 0.254. The van der Waals surface area contributed by atoms with Gasteiger partial charge in [0.05, 0.1) is 5.41 Å². The van der Waals surface area contributed by atoms with Crippen molar-refractivity contribution in [3.8, 4) is 0 Å². The number of carbonyl (C=O) groups excluding carboxylic acids is 2. The minimum absolute atomic E-state index is 0.127. The second-order valence-corrected chi connectivity index (χ2v) is 11.9. The van der Waals surface area contributed by atoms with Gasteiger partial charge in [-0.25, -0.2) is 0 Å². The van der Waals surface area contributed by atoms with Gasteiger partial charge in [-0.15, -0.1) is 0 Å². The predicted molar refractivity (Wildman–Crippen MR) is 163 cm³/mol. The Labute approximate surface area is 235 Å². The average Bonchev–Trinajstić information content (AvgIpc) is 2.93. The Hall–Kier alpha value is -3.08. The van der Waals surface area contributed by atoms with E-state index < -0.39 is 5.41 Å². The molecule has 194 valence electrons. The van der Waals surface area contributed by atoms with E-state index in [0.29, 0.717) is 11.5 Å². The van der Waals surface area contributed by atoms with Crippen LogP contribution in [0.3, 0.4) is 0 Å². The lowest BCUT2D eigenvalue weighted by molar-refractivity contribution is -0.109. The fourth-order valence-electron chi connectivity index (χ4n) is 4.87. The van der Waals surface area contributed by atoms with Crippen molar-refractivity contribution in [1.82, 2.24) is 0 Å². The van der Waals surface area contributed by atoms with E-state index in [1.807, 2.05) is 0 Å². The molecule has 38 heavy (non-hydrogen) atoms. The summed E-state index contributed by atoms with van der Waals surface area (Å²) in [6.07, 6.45) is 0.989. The molecule has 0 radical (unpaired) electrons. The maximum absolute atomic E-state index is 11.5. The first-order chi connectivity index (χ1) is 18.3. The molecule has 0 saturated carbocycles. The zero-order chi connectivity index (χ0) is 27.1. The highest BCUT2D eigenvalue weighted by molar-refractivity contribution is 8.13. The molecule has 2 nitrogen and oxygen atoms in total. The monoisotopic (exact) mass is 538 g/mol. The largest absolute Gasteiger partial charge is 0.288 e. The van der Waals surface area contributed by atoms with Crippen LogP contribution in [0.1, 0.15) is 65.3 Å². The fourth-order valence-corrected chi connectivity index (χ4v) is 5.99. The highest BCUT2D eigenvalue weighted by atomic mass is 32.2. The summed E-state index contributed by atoms with van der Waals surface area (Å²) in [5.41, 5.74) is 9.00. The molecule has 0 bridgehead atoms. The maximum Gasteiger partial charge on any atom is 0.186 e. The summed E-state index contributed by atoms with van der Waals surface area (Å²) < 4.78 is 0. The number of thioether (sulfide) groups is 2. The van der Waals surface area contributed by atoms with Crippen LogP contribution in [-0.4, -0.2) is 10.2 Å². The molecule has 0 spiro atoms. The Kier molecular flexibility index (Phi) is 9.30. The van der Waals surface area contributed by atoms with Gasteiger partial charge in [-0.3, -0.25) is 9.59 Å². The molecule has 4 aromatic rings. The summed E-state index contributed by atoms with van der Waals surface area (Å²) >= 11 is 2.67. The normalized spacial score (nSPS) is 11.4. The van der Waals surface area contributed by atoms with Crippen molar-refractivity contribution in [2.45, 2.75) is 51.0 Å². The fraction of sp³-hybridized carbons (Fsp3) is 0.235. The Bertz CT molecular complexity index is 1310. The Morgan fingerprint density at radius 3 is 1.18 bits per heavy atom. The molecule has 0 saturated heterocycles. The summed E-state index contributed by atoms with van der Waals surface area (Å²) in [4.78, 5) is 23.1. The molecule has 0 amide bonds. The molecule has 0 unspecified atom stereocenters. The molecule has 0 aromatic heterocycles. The Balaban J connectivity index is 1.93. The van der Waals surface area contributed by atoms with Gasteiger partial charge in [-0.1, -0.05) is 133 Å². The first kappa shape index (κ1) is 27.9. The minimum Gasteiger partial charge on any atom is -0.288 e. The maximum atomic E-state index is 11.5. The zero-order valence-electron chi connectivity index (χ0n) is 22.5. The standard InChI is InChI=1S/C34H34O2S2/c1-5-27-8-16-31(17-9-27)34(30-14-6-24(2)7-15-30,32-18-10-28(11-19-32)22-37-25(3)35)33-20-12-29(13-21-33)23-38-26(4)36/h6-21H,5,22-23H2,1-4H3. The number of rotatable bonds is 9. The highest BCUT2D eigenvalue weighted by Crippen LogP contribution is 2.45. The zero-order valence-corrected chi connectivity index (χ0v) is 24.1. The summed E-state index contributed by atoms with van der Waals surface area (Å²) in [5.74, 6) is 1.34. The van der Waals surface area contributed by atoms with Crippen LogP contribution in [-0.2, 0) is 32.9 Å². The summed E-state index contributed by atoms with van der Waals surface area (Å²) in [7, 11) is 0. The van der Waals surface area contributed by atoms with Gasteiger partial charge >= 0.3 is 0 Å². The molecule has 4 heteroatoms. The first-order valence-electron chi connectivity index (χ1n) is 12.9. The molecular formula is C34H34O2S2. The van der Waals surface area contributed by atoms with Crippen molar-refractivity contribution in [2.24, 2.45) is 0 Å². The first-order valence-corrected chi connectivity index (χ1v) is 14.9. The van der Waals surface area contributed by atoms with Crippen LogP contribution in [0.4, 0.5) is 0 Å². The number of hydrogen-bond donors (Lipinski definition) is 0. The molecule has 0 atom stereocenters. The van der Waals surface area contributed by atoms with Gasteiger partial charge in [0.1, 0.15) is 0 Å². The lowest BCUT2D eigenvalue weighted by Gasteiger charge is -2.37. The Morgan fingerprint density at radius 1 is 0.553 bits per heavy atom. The third-order valence-electron chi connectivity index (χ3n) is 6.94. The number of aryl methyl sites for hydroxylation is 2. The summed E-state index contributed by atoms with van der Waals surface area (Å²) in [6, 6.07) is 35.2. The van der Waals surface area contributed by atoms with E-state index in [0.717, 1.165) is 17.5 Å². The average molecular weight is 539 g/mol. The van der Waals surface area contributed by atoms with Crippen molar-refractivity contribution in [3.63, 3.8) is 0 Å². The molecule has 0 N–H and O–H groups in total. The molecule has 0 fully saturated rings. The van der Waals surface area contributed by atoms with Crippen LogP contribution in [0.5, 0.6) is 0 Å². The van der Waals surface area contributed by atoms with Gasteiger partial charge in [0.2, 0.25) is 0 Å². The highest BCUT2D eigenvalue weighted by Gasteiger charge is 2.38. The number of hydrogen-bond acceptors (Lipinski definition) is 4. The van der Waals surface area contributed by atoms with Crippen molar-refractivity contribution in [1.29, 1.82) is 0 Å². The Morgan fingerprint density at radius 2 is 0.868 bits per heavy atom. The van der Waals surface area contributed by atoms with E-state index >= 15 is 0 Å². The van der Waals surface area contributed by atoms with Gasteiger partial charge in [0.25, 0.3) is 0 Å². The third-order valence-corrected chi connectivity index (χ3v) is 8.71. The number of benzene rings is 4.